The van der Waals surface area contributed by atoms with Crippen LogP contribution >= 0.6 is 0 Å². The molecule has 3 aromatic heterocycles. The van der Waals surface area contributed by atoms with Crippen LogP contribution in [0.3, 0.4) is 0 Å². The van der Waals surface area contributed by atoms with Crippen molar-refractivity contribution in [2.24, 2.45) is 5.92 Å². The molecule has 3 heterocycles. The van der Waals surface area contributed by atoms with Crippen LogP contribution in [0.15, 0.2) is 200 Å². The zero-order valence-electron chi connectivity index (χ0n) is 46.4. The number of benzene rings is 8. The molecule has 0 aliphatic carbocycles. The van der Waals surface area contributed by atoms with Crippen LogP contribution in [0, 0.1) is 24.4 Å². The fourth-order valence-corrected chi connectivity index (χ4v) is 8.12. The molecule has 312 valence electrons. The largest absolute Gasteiger partial charge is 0.510 e. The molecule has 5 nitrogen and oxygen atoms in total. The summed E-state index contributed by atoms with van der Waals surface area (Å²) in [6.45, 7) is 3.73. The molecular weight excluding hydrogens is 964 g/mol. The summed E-state index contributed by atoms with van der Waals surface area (Å²) >= 11 is 0. The first kappa shape index (κ1) is 29.1. The van der Waals surface area contributed by atoms with Gasteiger partial charge in [-0.2, -0.15) is 18.2 Å². The van der Waals surface area contributed by atoms with Gasteiger partial charge in [-0.1, -0.05) is 171 Å². The molecule has 0 unspecified atom stereocenters. The first-order valence-electron chi connectivity index (χ1n) is 26.4. The van der Waals surface area contributed by atoms with Gasteiger partial charge in [0, 0.05) is 52.6 Å². The third-order valence-electron chi connectivity index (χ3n) is 10.8. The summed E-state index contributed by atoms with van der Waals surface area (Å²) in [5, 5.41) is 1.82. The maximum Gasteiger partial charge on any atom is 0.268 e. The van der Waals surface area contributed by atoms with Crippen molar-refractivity contribution in [2.75, 3.05) is 0 Å². The Balaban J connectivity index is 0.00000657. The normalized spacial score (nSPS) is 14.2. The third-order valence-corrected chi connectivity index (χ3v) is 10.8. The number of pyridine rings is 1. The SMILES string of the molecule is [2H]c1c([2H])c([2H])c(-c2cccc(-c3c([2H])c([2H])c([2H])c([2H])c3[2H])c2-[n+]2[c-]n(-c3[c-]c(Oc4[c-]c5c(cc4)c4ccccc4n5-c4cc(C([2H])([2H])C(C)C)c(-c5ccccc5)cn4)ccc3)c3ccccc32)c([2H])c1[2H].[Pt]. The van der Waals surface area contributed by atoms with Gasteiger partial charge in [0.05, 0.1) is 30.4 Å². The summed E-state index contributed by atoms with van der Waals surface area (Å²) < 4.78 is 117. The molecule has 0 saturated carbocycles. The van der Waals surface area contributed by atoms with Crippen molar-refractivity contribution < 1.29 is 46.8 Å². The second-order valence-electron chi connectivity index (χ2n) is 15.2. The molecule has 64 heavy (non-hydrogen) atoms. The van der Waals surface area contributed by atoms with Crippen LogP contribution in [0.4, 0.5) is 0 Å². The van der Waals surface area contributed by atoms with Gasteiger partial charge in [-0.05, 0) is 68.9 Å². The minimum atomic E-state index is -1.71. The number of hydrogen-bond acceptors (Lipinski definition) is 2. The van der Waals surface area contributed by atoms with Gasteiger partial charge in [0.1, 0.15) is 5.82 Å². The predicted molar refractivity (Wildman–Crippen MR) is 255 cm³/mol. The van der Waals surface area contributed by atoms with Gasteiger partial charge in [0.2, 0.25) is 0 Å². The van der Waals surface area contributed by atoms with Crippen LogP contribution in [0.2, 0.25) is 0 Å². The van der Waals surface area contributed by atoms with Crippen LogP contribution in [0.1, 0.15) is 35.9 Å². The number of rotatable bonds is 10. The van der Waals surface area contributed by atoms with E-state index in [4.69, 9.17) is 23.4 Å². The summed E-state index contributed by atoms with van der Waals surface area (Å²) in [4.78, 5) is 4.96. The van der Waals surface area contributed by atoms with Gasteiger partial charge < -0.3 is 13.9 Å². The van der Waals surface area contributed by atoms with Crippen molar-refractivity contribution in [1.29, 1.82) is 0 Å². The van der Waals surface area contributed by atoms with Crippen molar-refractivity contribution in [3.8, 4) is 62.1 Å². The molecule has 0 radical (unpaired) electrons. The Morgan fingerprint density at radius 1 is 0.641 bits per heavy atom. The molecule has 0 amide bonds. The van der Waals surface area contributed by atoms with Crippen LogP contribution in [0.25, 0.3) is 83.4 Å². The average molecular weight is 1020 g/mol. The van der Waals surface area contributed by atoms with Crippen LogP contribution in [-0.2, 0) is 27.4 Å². The number of ether oxygens (including phenoxy) is 1. The summed E-state index contributed by atoms with van der Waals surface area (Å²) in [5.41, 5.74) is 5.19. The fraction of sp³-hybridized carbons (Fsp3) is 0.0690. The van der Waals surface area contributed by atoms with Crippen LogP contribution in [0.5, 0.6) is 11.5 Å². The molecule has 0 N–H and O–H groups in total. The number of para-hydroxylation sites is 4. The fourth-order valence-electron chi connectivity index (χ4n) is 8.12. The van der Waals surface area contributed by atoms with Crippen molar-refractivity contribution >= 4 is 32.8 Å². The molecule has 11 rings (SSSR count). The van der Waals surface area contributed by atoms with Crippen molar-refractivity contribution in [1.82, 2.24) is 14.1 Å². The van der Waals surface area contributed by atoms with Gasteiger partial charge >= 0.3 is 0 Å². The monoisotopic (exact) mass is 1020 g/mol. The number of imidazole rings is 1. The number of fused-ring (bicyclic) bond motifs is 4. The Bertz CT molecular complexity index is 4000. The zero-order chi connectivity index (χ0) is 52.8. The quantitative estimate of drug-likeness (QED) is 0.101. The van der Waals surface area contributed by atoms with Crippen molar-refractivity contribution in [2.45, 2.75) is 20.2 Å². The van der Waals surface area contributed by atoms with Gasteiger partial charge in [-0.25, -0.2) is 4.98 Å². The Kier molecular flexibility index (Phi) is 7.93. The number of nitrogens with zero attached hydrogens (tertiary/aromatic N) is 4. The Labute approximate surface area is 404 Å². The van der Waals surface area contributed by atoms with E-state index in [-0.39, 0.29) is 54.9 Å². The summed E-state index contributed by atoms with van der Waals surface area (Å²) in [5.74, 6) is 0.820. The van der Waals surface area contributed by atoms with E-state index < -0.39 is 66.8 Å². The second-order valence-corrected chi connectivity index (χ2v) is 15.2. The summed E-state index contributed by atoms with van der Waals surface area (Å²) in [6.07, 6.45) is 3.42. The topological polar surface area (TPSA) is 35.9 Å². The van der Waals surface area contributed by atoms with Crippen LogP contribution < -0.4 is 9.30 Å². The van der Waals surface area contributed by atoms with Gasteiger partial charge in [0.25, 0.3) is 6.33 Å². The molecule has 0 aliphatic heterocycles. The summed E-state index contributed by atoms with van der Waals surface area (Å²) in [7, 11) is 0. The maximum absolute atomic E-state index is 9.28. The minimum absolute atomic E-state index is 0. The van der Waals surface area contributed by atoms with Gasteiger partial charge in [-0.15, -0.1) is 29.7 Å². The molecule has 0 saturated heterocycles. The summed E-state index contributed by atoms with van der Waals surface area (Å²) in [6, 6.07) is 41.9. The zero-order valence-corrected chi connectivity index (χ0v) is 36.6. The Morgan fingerprint density at radius 2 is 1.30 bits per heavy atom. The molecule has 6 heteroatoms. The van der Waals surface area contributed by atoms with E-state index in [0.717, 1.165) is 21.9 Å². The van der Waals surface area contributed by atoms with E-state index >= 15 is 0 Å². The molecule has 11 aromatic rings. The van der Waals surface area contributed by atoms with Crippen molar-refractivity contribution in [3.05, 3.63) is 224 Å². The maximum atomic E-state index is 9.28. The van der Waals surface area contributed by atoms with Crippen molar-refractivity contribution in [3.63, 3.8) is 0 Å². The first-order chi connectivity index (χ1) is 36.0. The first-order valence-corrected chi connectivity index (χ1v) is 20.4. The standard InChI is InChI=1S/C58H42N4O.Pt/c1-40(2)34-44-35-57(59-38-52(44)43-22-10-5-11-23-43)62-53-29-13-12-26-50(53)51-33-32-47(37-56(51)62)63-46-25-16-24-45(36-46)60-39-61(55-31-15-14-30-54(55)60)58-48(41-18-6-3-7-19-41)27-17-28-49(58)42-20-8-4-9-21-42;/h3-33,35,38,40H,34H2,1-2H3;/q-2;/i3D,4D,6D,7D,8D,9D,18D,19D,20D,21D,34D2;. The van der Waals surface area contributed by atoms with E-state index in [1.165, 1.54) is 0 Å². The second kappa shape index (κ2) is 17.4. The molecule has 0 fully saturated rings. The van der Waals surface area contributed by atoms with E-state index in [9.17, 15) is 2.74 Å². The van der Waals surface area contributed by atoms with E-state index in [1.54, 1.807) is 63.9 Å². The average Bonchev–Trinajstić information content (AvgIpc) is 3.97. The molecular formula is C58H42N4OPt-2. The minimum Gasteiger partial charge on any atom is -0.510 e. The molecule has 0 bridgehead atoms. The third kappa shape index (κ3) is 7.52. The number of aromatic nitrogens is 4. The molecule has 8 aromatic carbocycles. The molecule has 0 aliphatic rings. The molecule has 0 spiro atoms. The van der Waals surface area contributed by atoms with E-state index in [2.05, 4.69) is 18.5 Å². The van der Waals surface area contributed by atoms with E-state index in [0.29, 0.717) is 50.7 Å². The number of hydrogen-bond donors (Lipinski definition) is 0. The molecule has 0 atom stereocenters. The smallest absolute Gasteiger partial charge is 0.268 e. The van der Waals surface area contributed by atoms with Gasteiger partial charge in [0.15, 0.2) is 0 Å². The predicted octanol–water partition coefficient (Wildman–Crippen LogP) is 13.8. The Morgan fingerprint density at radius 3 is 2.03 bits per heavy atom. The Hall–Kier alpha value is -7.33. The van der Waals surface area contributed by atoms with E-state index in [1.807, 2.05) is 103 Å². The van der Waals surface area contributed by atoms with Crippen LogP contribution in [-0.4, -0.2) is 14.1 Å². The van der Waals surface area contributed by atoms with Gasteiger partial charge in [-0.3, -0.25) is 4.57 Å².